The zero-order chi connectivity index (χ0) is 27.0. The van der Waals surface area contributed by atoms with Crippen molar-refractivity contribution in [3.63, 3.8) is 0 Å². The Morgan fingerprint density at radius 3 is 2.11 bits per heavy atom. The van der Waals surface area contributed by atoms with Crippen LogP contribution in [0.2, 0.25) is 0 Å². The fourth-order valence-electron chi connectivity index (χ4n) is 3.61. The van der Waals surface area contributed by atoms with Gasteiger partial charge in [0.15, 0.2) is 11.5 Å². The third-order valence-corrected chi connectivity index (χ3v) is 7.17. The number of carbonyl (C=O) groups is 1. The van der Waals surface area contributed by atoms with Crippen LogP contribution in [0.15, 0.2) is 65.6 Å². The molecule has 1 amide bonds. The Morgan fingerprint density at radius 1 is 0.892 bits per heavy atom. The van der Waals surface area contributed by atoms with Crippen molar-refractivity contribution >= 4 is 21.6 Å². The Hall–Kier alpha value is -3.99. The van der Waals surface area contributed by atoms with Gasteiger partial charge in [0.1, 0.15) is 18.1 Å². The number of rotatable bonds is 12. The molecule has 0 heterocycles. The summed E-state index contributed by atoms with van der Waals surface area (Å²) in [6.45, 7) is 1.79. The second-order valence-electron chi connectivity index (χ2n) is 7.66. The highest BCUT2D eigenvalue weighted by Crippen LogP contribution is 2.39. The molecule has 37 heavy (non-hydrogen) atoms. The van der Waals surface area contributed by atoms with Gasteiger partial charge in [-0.15, -0.1) is 0 Å². The average molecular weight is 533 g/mol. The predicted octanol–water partition coefficient (Wildman–Crippen LogP) is 3.76. The number of hydrogen-bond donors (Lipinski definition) is 1. The first kappa shape index (κ1) is 27.6. The number of benzene rings is 3. The molecule has 0 spiro atoms. The lowest BCUT2D eigenvalue weighted by atomic mass is 10.1. The molecule has 0 saturated heterocycles. The van der Waals surface area contributed by atoms with E-state index in [1.807, 2.05) is 6.92 Å². The number of anilines is 1. The molecular weight excluding hydrogens is 503 g/mol. The largest absolute Gasteiger partial charge is 0.494 e. The van der Waals surface area contributed by atoms with Crippen LogP contribution in [0.5, 0.6) is 23.0 Å². The molecule has 0 fully saturated rings. The number of sulfonamides is 1. The molecule has 11 heteroatoms. The second-order valence-corrected chi connectivity index (χ2v) is 9.52. The molecular formula is C26H29FN2O7S. The van der Waals surface area contributed by atoms with E-state index >= 15 is 0 Å². The smallest absolute Gasteiger partial charge is 0.264 e. The summed E-state index contributed by atoms with van der Waals surface area (Å²) in [6, 6.07) is 14.1. The Kier molecular flexibility index (Phi) is 9.18. The van der Waals surface area contributed by atoms with Crippen molar-refractivity contribution in [3.8, 4) is 23.0 Å². The van der Waals surface area contributed by atoms with E-state index in [1.54, 1.807) is 24.3 Å². The van der Waals surface area contributed by atoms with Crippen LogP contribution in [-0.4, -0.2) is 48.8 Å². The molecule has 3 aromatic carbocycles. The summed E-state index contributed by atoms with van der Waals surface area (Å²) in [5.74, 6) is 0.609. The number of nitrogens with one attached hydrogen (secondary N) is 1. The number of halogens is 1. The van der Waals surface area contributed by atoms with Crippen molar-refractivity contribution in [2.24, 2.45) is 0 Å². The van der Waals surface area contributed by atoms with Gasteiger partial charge >= 0.3 is 0 Å². The number of methoxy groups -OCH3 is 3. The number of ether oxygens (including phenoxy) is 4. The minimum Gasteiger partial charge on any atom is -0.494 e. The number of carbonyl (C=O) groups excluding carboxylic acids is 1. The Morgan fingerprint density at radius 2 is 1.54 bits per heavy atom. The van der Waals surface area contributed by atoms with Gasteiger partial charge in [0.2, 0.25) is 11.7 Å². The van der Waals surface area contributed by atoms with Crippen molar-refractivity contribution in [2.75, 3.05) is 38.8 Å². The van der Waals surface area contributed by atoms with Crippen molar-refractivity contribution in [3.05, 3.63) is 72.0 Å². The molecule has 198 valence electrons. The SMILES string of the molecule is CCOc1ccc(N(CC(=O)NCc2ccc(OC)c(OC)c2OC)S(=O)(=O)c2ccc(F)cc2)cc1. The van der Waals surface area contributed by atoms with Gasteiger partial charge in [-0.1, -0.05) is 0 Å². The van der Waals surface area contributed by atoms with E-state index in [0.29, 0.717) is 35.2 Å². The Balaban J connectivity index is 1.88. The van der Waals surface area contributed by atoms with Crippen molar-refractivity contribution < 1.29 is 36.6 Å². The third kappa shape index (κ3) is 6.42. The van der Waals surface area contributed by atoms with E-state index in [0.717, 1.165) is 28.6 Å². The van der Waals surface area contributed by atoms with Gasteiger partial charge in [-0.2, -0.15) is 0 Å². The topological polar surface area (TPSA) is 103 Å². The minimum absolute atomic E-state index is 0.0378. The summed E-state index contributed by atoms with van der Waals surface area (Å²) in [4.78, 5) is 12.8. The Labute approximate surface area is 215 Å². The summed E-state index contributed by atoms with van der Waals surface area (Å²) in [6.07, 6.45) is 0. The fraction of sp³-hybridized carbons (Fsp3) is 0.269. The van der Waals surface area contributed by atoms with E-state index in [-0.39, 0.29) is 17.1 Å². The standard InChI is InChI=1S/C26H29FN2O7S/c1-5-36-21-11-9-20(10-12-21)29(37(31,32)22-13-7-19(27)8-14-22)17-24(30)28-16-18-6-15-23(33-2)26(35-4)25(18)34-3/h6-15H,5,16-17H2,1-4H3,(H,28,30). The summed E-state index contributed by atoms with van der Waals surface area (Å²) in [7, 11) is 0.227. The molecule has 0 aliphatic rings. The number of amides is 1. The van der Waals surface area contributed by atoms with Gasteiger partial charge in [-0.05, 0) is 67.6 Å². The maximum atomic E-state index is 13.5. The molecule has 0 atom stereocenters. The lowest BCUT2D eigenvalue weighted by Crippen LogP contribution is -2.40. The van der Waals surface area contributed by atoms with E-state index in [9.17, 15) is 17.6 Å². The fourth-order valence-corrected chi connectivity index (χ4v) is 5.03. The predicted molar refractivity (Wildman–Crippen MR) is 136 cm³/mol. The zero-order valence-electron chi connectivity index (χ0n) is 21.0. The van der Waals surface area contributed by atoms with Crippen LogP contribution in [0, 0.1) is 5.82 Å². The quantitative estimate of drug-likeness (QED) is 0.379. The van der Waals surface area contributed by atoms with Gasteiger partial charge in [0.05, 0.1) is 38.5 Å². The molecule has 9 nitrogen and oxygen atoms in total. The van der Waals surface area contributed by atoms with E-state index < -0.39 is 28.3 Å². The number of hydrogen-bond acceptors (Lipinski definition) is 7. The monoisotopic (exact) mass is 532 g/mol. The maximum Gasteiger partial charge on any atom is 0.264 e. The zero-order valence-corrected chi connectivity index (χ0v) is 21.8. The van der Waals surface area contributed by atoms with Crippen LogP contribution in [0.1, 0.15) is 12.5 Å². The molecule has 0 unspecified atom stereocenters. The maximum absolute atomic E-state index is 13.5. The van der Waals surface area contributed by atoms with Crippen LogP contribution < -0.4 is 28.6 Å². The van der Waals surface area contributed by atoms with E-state index in [1.165, 1.54) is 33.5 Å². The Bertz CT molecular complexity index is 1310. The molecule has 1 N–H and O–H groups in total. The summed E-state index contributed by atoms with van der Waals surface area (Å²) >= 11 is 0. The molecule has 0 radical (unpaired) electrons. The van der Waals surface area contributed by atoms with Gasteiger partial charge in [-0.25, -0.2) is 12.8 Å². The summed E-state index contributed by atoms with van der Waals surface area (Å²) in [5, 5.41) is 2.72. The van der Waals surface area contributed by atoms with Crippen molar-refractivity contribution in [1.29, 1.82) is 0 Å². The van der Waals surface area contributed by atoms with Gasteiger partial charge < -0.3 is 24.3 Å². The first-order valence-electron chi connectivity index (χ1n) is 11.3. The third-order valence-electron chi connectivity index (χ3n) is 5.39. The van der Waals surface area contributed by atoms with Crippen LogP contribution in [0.25, 0.3) is 0 Å². The molecule has 0 bridgehead atoms. The highest BCUT2D eigenvalue weighted by atomic mass is 32.2. The van der Waals surface area contributed by atoms with Crippen molar-refractivity contribution in [1.82, 2.24) is 5.32 Å². The van der Waals surface area contributed by atoms with Crippen LogP contribution in [0.3, 0.4) is 0 Å². The van der Waals surface area contributed by atoms with E-state index in [4.69, 9.17) is 18.9 Å². The first-order valence-corrected chi connectivity index (χ1v) is 12.7. The molecule has 3 rings (SSSR count). The lowest BCUT2D eigenvalue weighted by Gasteiger charge is -2.24. The highest BCUT2D eigenvalue weighted by molar-refractivity contribution is 7.92. The second kappa shape index (κ2) is 12.3. The molecule has 3 aromatic rings. The lowest BCUT2D eigenvalue weighted by molar-refractivity contribution is -0.119. The summed E-state index contributed by atoms with van der Waals surface area (Å²) in [5.41, 5.74) is 0.842. The molecule has 0 aliphatic carbocycles. The molecule has 0 aromatic heterocycles. The average Bonchev–Trinajstić information content (AvgIpc) is 2.90. The summed E-state index contributed by atoms with van der Waals surface area (Å²) < 4.78 is 62.8. The first-order chi connectivity index (χ1) is 17.7. The molecule has 0 saturated carbocycles. The van der Waals surface area contributed by atoms with Crippen molar-refractivity contribution in [2.45, 2.75) is 18.4 Å². The highest BCUT2D eigenvalue weighted by Gasteiger charge is 2.27. The normalized spacial score (nSPS) is 10.9. The van der Waals surface area contributed by atoms with Gasteiger partial charge in [-0.3, -0.25) is 9.10 Å². The molecule has 0 aliphatic heterocycles. The minimum atomic E-state index is -4.20. The van der Waals surface area contributed by atoms with Gasteiger partial charge in [0, 0.05) is 12.1 Å². The number of nitrogens with zero attached hydrogens (tertiary/aromatic N) is 1. The van der Waals surface area contributed by atoms with Crippen LogP contribution >= 0.6 is 0 Å². The van der Waals surface area contributed by atoms with Gasteiger partial charge in [0.25, 0.3) is 10.0 Å². The van der Waals surface area contributed by atoms with E-state index in [2.05, 4.69) is 5.32 Å². The van der Waals surface area contributed by atoms with Crippen LogP contribution in [0.4, 0.5) is 10.1 Å². The van der Waals surface area contributed by atoms with Crippen LogP contribution in [-0.2, 0) is 21.4 Å².